The van der Waals surface area contributed by atoms with Crippen molar-refractivity contribution in [3.8, 4) is 22.8 Å². The predicted octanol–water partition coefficient (Wildman–Crippen LogP) is 3.03. The lowest BCUT2D eigenvalue weighted by molar-refractivity contribution is -0.126. The standard InChI is InChI=1S/C23H23N3O5/c1-29-19-9-8-15(10-21(19)30-2)20-12-17(25-31-20)13-24-23(28)16-11-22(27)26(14-16)18-6-4-3-5-7-18/h3-10,12,16H,11,13-14H2,1-2H3,(H,24,28). The maximum Gasteiger partial charge on any atom is 0.227 e. The Morgan fingerprint density at radius 1 is 1.13 bits per heavy atom. The molecule has 1 N–H and O–H groups in total. The van der Waals surface area contributed by atoms with Crippen molar-refractivity contribution in [2.75, 3.05) is 25.7 Å². The van der Waals surface area contributed by atoms with Crippen molar-refractivity contribution in [2.24, 2.45) is 5.92 Å². The van der Waals surface area contributed by atoms with E-state index in [1.807, 2.05) is 36.4 Å². The van der Waals surface area contributed by atoms with Crippen LogP contribution in [0.1, 0.15) is 12.1 Å². The highest BCUT2D eigenvalue weighted by atomic mass is 16.5. The summed E-state index contributed by atoms with van der Waals surface area (Å²) in [6, 6.07) is 16.5. The number of hydrogen-bond donors (Lipinski definition) is 1. The van der Waals surface area contributed by atoms with Crippen molar-refractivity contribution in [3.05, 3.63) is 60.3 Å². The van der Waals surface area contributed by atoms with Gasteiger partial charge in [-0.15, -0.1) is 0 Å². The van der Waals surface area contributed by atoms with Gasteiger partial charge in [-0.2, -0.15) is 0 Å². The summed E-state index contributed by atoms with van der Waals surface area (Å²) in [6.45, 7) is 0.579. The van der Waals surface area contributed by atoms with E-state index in [-0.39, 0.29) is 24.8 Å². The summed E-state index contributed by atoms with van der Waals surface area (Å²) in [4.78, 5) is 26.6. The molecule has 31 heavy (non-hydrogen) atoms. The van der Waals surface area contributed by atoms with Gasteiger partial charge in [0, 0.05) is 30.3 Å². The van der Waals surface area contributed by atoms with E-state index in [9.17, 15) is 9.59 Å². The second-order valence-electron chi connectivity index (χ2n) is 7.21. The minimum absolute atomic E-state index is 0.0523. The number of carbonyl (C=O) groups excluding carboxylic acids is 2. The summed E-state index contributed by atoms with van der Waals surface area (Å²) in [5.74, 6) is 1.13. The van der Waals surface area contributed by atoms with Crippen molar-refractivity contribution in [3.63, 3.8) is 0 Å². The third kappa shape index (κ3) is 4.37. The number of rotatable bonds is 7. The van der Waals surface area contributed by atoms with Crippen LogP contribution < -0.4 is 19.7 Å². The van der Waals surface area contributed by atoms with Crippen LogP contribution in [0.5, 0.6) is 11.5 Å². The molecule has 1 aromatic heterocycles. The van der Waals surface area contributed by atoms with E-state index in [1.165, 1.54) is 0 Å². The third-order valence-corrected chi connectivity index (χ3v) is 5.23. The van der Waals surface area contributed by atoms with Gasteiger partial charge in [0.15, 0.2) is 17.3 Å². The van der Waals surface area contributed by atoms with E-state index in [0.29, 0.717) is 29.5 Å². The molecule has 8 nitrogen and oxygen atoms in total. The number of ether oxygens (including phenoxy) is 2. The highest BCUT2D eigenvalue weighted by Gasteiger charge is 2.35. The quantitative estimate of drug-likeness (QED) is 0.630. The van der Waals surface area contributed by atoms with Gasteiger partial charge in [-0.05, 0) is 30.3 Å². The molecule has 0 bridgehead atoms. The molecule has 2 heterocycles. The van der Waals surface area contributed by atoms with Crippen LogP contribution in [0.4, 0.5) is 5.69 Å². The predicted molar refractivity (Wildman–Crippen MR) is 114 cm³/mol. The molecule has 4 rings (SSSR count). The van der Waals surface area contributed by atoms with Crippen LogP contribution in [0.3, 0.4) is 0 Å². The Morgan fingerprint density at radius 3 is 2.65 bits per heavy atom. The van der Waals surface area contributed by atoms with Crippen LogP contribution in [0.25, 0.3) is 11.3 Å². The van der Waals surface area contributed by atoms with Crippen LogP contribution in [-0.2, 0) is 16.1 Å². The number of aromatic nitrogens is 1. The largest absolute Gasteiger partial charge is 0.493 e. The van der Waals surface area contributed by atoms with E-state index in [1.54, 1.807) is 37.3 Å². The van der Waals surface area contributed by atoms with Crippen LogP contribution in [-0.4, -0.2) is 37.7 Å². The molecular weight excluding hydrogens is 398 g/mol. The van der Waals surface area contributed by atoms with E-state index in [0.717, 1.165) is 11.3 Å². The molecule has 1 aliphatic rings. The second kappa shape index (κ2) is 8.91. The highest BCUT2D eigenvalue weighted by molar-refractivity contribution is 6.00. The van der Waals surface area contributed by atoms with Crippen molar-refractivity contribution in [1.29, 1.82) is 0 Å². The van der Waals surface area contributed by atoms with E-state index in [4.69, 9.17) is 14.0 Å². The number of nitrogens with zero attached hydrogens (tertiary/aromatic N) is 2. The second-order valence-corrected chi connectivity index (χ2v) is 7.21. The Balaban J connectivity index is 1.37. The molecule has 0 aliphatic carbocycles. The SMILES string of the molecule is COc1ccc(-c2cc(CNC(=O)C3CC(=O)N(c4ccccc4)C3)no2)cc1OC. The van der Waals surface area contributed by atoms with Gasteiger partial charge in [0.1, 0.15) is 5.69 Å². The number of hydrogen-bond acceptors (Lipinski definition) is 6. The number of methoxy groups -OCH3 is 2. The number of benzene rings is 2. The van der Waals surface area contributed by atoms with Crippen LogP contribution in [0.2, 0.25) is 0 Å². The van der Waals surface area contributed by atoms with Crippen LogP contribution in [0.15, 0.2) is 59.1 Å². The fraction of sp³-hybridized carbons (Fsp3) is 0.261. The number of nitrogens with one attached hydrogen (secondary N) is 1. The van der Waals surface area contributed by atoms with Gasteiger partial charge in [-0.3, -0.25) is 9.59 Å². The highest BCUT2D eigenvalue weighted by Crippen LogP contribution is 2.32. The molecule has 160 valence electrons. The lowest BCUT2D eigenvalue weighted by Crippen LogP contribution is -2.32. The van der Waals surface area contributed by atoms with Crippen LogP contribution in [0, 0.1) is 5.92 Å². The fourth-order valence-corrected chi connectivity index (χ4v) is 3.58. The fourth-order valence-electron chi connectivity index (χ4n) is 3.58. The van der Waals surface area contributed by atoms with Gasteiger partial charge in [-0.25, -0.2) is 0 Å². The first kappa shape index (κ1) is 20.5. The maximum atomic E-state index is 12.6. The van der Waals surface area contributed by atoms with Gasteiger partial charge >= 0.3 is 0 Å². The Kier molecular flexibility index (Phi) is 5.88. The smallest absolute Gasteiger partial charge is 0.227 e. The molecular formula is C23H23N3O5. The van der Waals surface area contributed by atoms with Crippen molar-refractivity contribution >= 4 is 17.5 Å². The lowest BCUT2D eigenvalue weighted by atomic mass is 10.1. The topological polar surface area (TPSA) is 93.9 Å². The maximum absolute atomic E-state index is 12.6. The average molecular weight is 421 g/mol. The summed E-state index contributed by atoms with van der Waals surface area (Å²) >= 11 is 0. The lowest BCUT2D eigenvalue weighted by Gasteiger charge is -2.16. The monoisotopic (exact) mass is 421 g/mol. The third-order valence-electron chi connectivity index (χ3n) is 5.23. The molecule has 0 saturated carbocycles. The summed E-state index contributed by atoms with van der Waals surface area (Å²) in [6.07, 6.45) is 0.191. The first-order valence-corrected chi connectivity index (χ1v) is 9.90. The Bertz CT molecular complexity index is 1080. The van der Waals surface area contributed by atoms with Gasteiger partial charge in [0.05, 0.1) is 26.7 Å². The zero-order chi connectivity index (χ0) is 21.8. The Morgan fingerprint density at radius 2 is 1.90 bits per heavy atom. The summed E-state index contributed by atoms with van der Waals surface area (Å²) in [5, 5.41) is 6.88. The molecule has 1 aliphatic heterocycles. The van der Waals surface area contributed by atoms with E-state index in [2.05, 4.69) is 10.5 Å². The molecule has 8 heteroatoms. The molecule has 1 fully saturated rings. The minimum Gasteiger partial charge on any atom is -0.493 e. The normalized spacial score (nSPS) is 15.7. The van der Waals surface area contributed by atoms with Crippen LogP contribution >= 0.6 is 0 Å². The average Bonchev–Trinajstić information content (AvgIpc) is 3.44. The van der Waals surface area contributed by atoms with E-state index >= 15 is 0 Å². The minimum atomic E-state index is -0.398. The molecule has 3 aromatic rings. The zero-order valence-electron chi connectivity index (χ0n) is 17.3. The first-order chi connectivity index (χ1) is 15.1. The molecule has 1 atom stereocenters. The van der Waals surface area contributed by atoms with Crippen molar-refractivity contribution in [1.82, 2.24) is 10.5 Å². The van der Waals surface area contributed by atoms with Gasteiger partial charge in [-0.1, -0.05) is 23.4 Å². The zero-order valence-corrected chi connectivity index (χ0v) is 17.3. The van der Waals surface area contributed by atoms with Gasteiger partial charge in [0.2, 0.25) is 11.8 Å². The molecule has 0 radical (unpaired) electrons. The molecule has 2 amide bonds. The number of para-hydroxylation sites is 1. The first-order valence-electron chi connectivity index (χ1n) is 9.90. The molecule has 0 spiro atoms. The summed E-state index contributed by atoms with van der Waals surface area (Å²) in [7, 11) is 3.14. The Hall–Kier alpha value is -3.81. The van der Waals surface area contributed by atoms with Crippen molar-refractivity contribution < 1.29 is 23.6 Å². The molecule has 1 saturated heterocycles. The van der Waals surface area contributed by atoms with E-state index < -0.39 is 5.92 Å². The van der Waals surface area contributed by atoms with Crippen molar-refractivity contribution in [2.45, 2.75) is 13.0 Å². The number of amides is 2. The number of anilines is 1. The molecule has 1 unspecified atom stereocenters. The van der Waals surface area contributed by atoms with Gasteiger partial charge < -0.3 is 24.2 Å². The summed E-state index contributed by atoms with van der Waals surface area (Å²) < 4.78 is 16.0. The molecule has 2 aromatic carbocycles. The Labute approximate surface area is 179 Å². The number of carbonyl (C=O) groups is 2. The van der Waals surface area contributed by atoms with Gasteiger partial charge in [0.25, 0.3) is 0 Å². The summed E-state index contributed by atoms with van der Waals surface area (Å²) in [5.41, 5.74) is 2.17.